The highest BCUT2D eigenvalue weighted by atomic mass is 16.5. The molecule has 3 heterocycles. The van der Waals surface area contributed by atoms with Crippen LogP contribution in [0.5, 0.6) is 11.5 Å². The van der Waals surface area contributed by atoms with Gasteiger partial charge in [-0.2, -0.15) is 0 Å². The summed E-state index contributed by atoms with van der Waals surface area (Å²) >= 11 is 0. The van der Waals surface area contributed by atoms with Crippen LogP contribution in [-0.2, 0) is 0 Å². The quantitative estimate of drug-likeness (QED) is 0.260. The fraction of sp³-hybridized carbons (Fsp3) is 0. The topological polar surface area (TPSA) is 27.1 Å². The zero-order valence-electron chi connectivity index (χ0n) is 21.2. The summed E-state index contributed by atoms with van der Waals surface area (Å²) in [6, 6.07) is 46.7. The van der Waals surface area contributed by atoms with Crippen LogP contribution >= 0.6 is 0 Å². The molecular weight excluding hydrogens is 475 g/mol. The highest BCUT2D eigenvalue weighted by molar-refractivity contribution is 6.98. The van der Waals surface area contributed by atoms with Crippen molar-refractivity contribution in [3.05, 3.63) is 140 Å². The Hall–Kier alpha value is -5.09. The molecule has 3 nitrogen and oxygen atoms in total. The first-order chi connectivity index (χ1) is 19.3. The molecule has 182 valence electrons. The maximum Gasteiger partial charge on any atom is 0.266 e. The second kappa shape index (κ2) is 8.75. The molecule has 1 aliphatic rings. The molecule has 0 amide bonds. The van der Waals surface area contributed by atoms with E-state index in [0.29, 0.717) is 0 Å². The summed E-state index contributed by atoms with van der Waals surface area (Å²) in [5, 5.41) is 2.43. The van der Waals surface area contributed by atoms with Gasteiger partial charge in [-0.05, 0) is 65.7 Å². The summed E-state index contributed by atoms with van der Waals surface area (Å²) in [6.45, 7) is 0.0995. The van der Waals surface area contributed by atoms with Gasteiger partial charge < -0.3 is 9.30 Å². The number of rotatable bonds is 4. The first-order valence-corrected chi connectivity index (χ1v) is 13.3. The summed E-state index contributed by atoms with van der Waals surface area (Å²) in [6.07, 6.45) is 1.89. The molecule has 0 fully saturated rings. The lowest BCUT2D eigenvalue weighted by Crippen LogP contribution is -2.50. The van der Waals surface area contributed by atoms with Crippen molar-refractivity contribution in [3.63, 3.8) is 0 Å². The van der Waals surface area contributed by atoms with Crippen LogP contribution in [0.2, 0.25) is 0 Å². The molecule has 5 aromatic carbocycles. The molecule has 0 aliphatic carbocycles. The van der Waals surface area contributed by atoms with E-state index in [9.17, 15) is 0 Å². The largest absolute Gasteiger partial charge is 0.457 e. The lowest BCUT2D eigenvalue weighted by molar-refractivity contribution is 0.483. The summed E-state index contributed by atoms with van der Waals surface area (Å²) in [5.41, 5.74) is 9.66. The van der Waals surface area contributed by atoms with E-state index in [0.717, 1.165) is 28.3 Å². The Morgan fingerprint density at radius 2 is 1.31 bits per heavy atom. The number of nitrogens with zero attached hydrogens (tertiary/aromatic N) is 2. The zero-order chi connectivity index (χ0) is 25.8. The summed E-state index contributed by atoms with van der Waals surface area (Å²) < 4.78 is 8.61. The third-order valence-electron chi connectivity index (χ3n) is 7.77. The smallest absolute Gasteiger partial charge is 0.266 e. The number of para-hydroxylation sites is 2. The van der Waals surface area contributed by atoms with Gasteiger partial charge in [0.2, 0.25) is 0 Å². The fourth-order valence-electron chi connectivity index (χ4n) is 6.12. The molecule has 0 saturated carbocycles. The number of fused-ring (bicyclic) bond motifs is 6. The summed E-state index contributed by atoms with van der Waals surface area (Å²) in [4.78, 5) is 4.78. The van der Waals surface area contributed by atoms with Crippen LogP contribution < -0.4 is 21.3 Å². The predicted octanol–water partition coefficient (Wildman–Crippen LogP) is 6.47. The summed E-state index contributed by atoms with van der Waals surface area (Å²) in [5.74, 6) is 1.64. The Morgan fingerprint density at radius 1 is 0.538 bits per heavy atom. The molecule has 0 radical (unpaired) electrons. The lowest BCUT2D eigenvalue weighted by atomic mass is 9.40. The minimum absolute atomic E-state index is 0.0995. The van der Waals surface area contributed by atoms with Gasteiger partial charge in [-0.3, -0.25) is 4.98 Å². The molecule has 2 aromatic heterocycles. The zero-order valence-corrected chi connectivity index (χ0v) is 21.2. The number of ether oxygens (including phenoxy) is 1. The molecule has 4 heteroatoms. The van der Waals surface area contributed by atoms with Crippen molar-refractivity contribution in [2.24, 2.45) is 0 Å². The standard InChI is InChI=1S/C35H23BN2O/c1-2-10-25(11-3-1)39-26-18-20-30-29-13-5-7-15-33(29)38(34(30)23-26)24-17-19-28-27-12-4-6-14-31(27)36(32(28)22-24)35-16-8-9-21-37-35/h1-23H. The molecular formula is C35H23BN2O. The van der Waals surface area contributed by atoms with Crippen molar-refractivity contribution >= 4 is 45.0 Å². The highest BCUT2D eigenvalue weighted by Crippen LogP contribution is 2.36. The van der Waals surface area contributed by atoms with E-state index in [1.54, 1.807) is 0 Å². The molecule has 0 spiro atoms. The summed E-state index contributed by atoms with van der Waals surface area (Å²) in [7, 11) is 0. The third-order valence-corrected chi connectivity index (χ3v) is 7.77. The van der Waals surface area contributed by atoms with Gasteiger partial charge in [0.1, 0.15) is 11.5 Å². The van der Waals surface area contributed by atoms with Crippen LogP contribution in [0.15, 0.2) is 140 Å². The van der Waals surface area contributed by atoms with Gasteiger partial charge in [-0.15, -0.1) is 0 Å². The molecule has 8 rings (SSSR count). The van der Waals surface area contributed by atoms with Crippen LogP contribution in [0.25, 0.3) is 38.6 Å². The maximum atomic E-state index is 6.24. The second-order valence-electron chi connectivity index (χ2n) is 9.99. The number of aromatic nitrogens is 2. The van der Waals surface area contributed by atoms with Gasteiger partial charge in [-0.25, -0.2) is 0 Å². The van der Waals surface area contributed by atoms with Crippen molar-refractivity contribution in [2.75, 3.05) is 0 Å². The number of benzene rings is 5. The fourth-order valence-corrected chi connectivity index (χ4v) is 6.12. The Morgan fingerprint density at radius 3 is 2.21 bits per heavy atom. The SMILES string of the molecule is c1ccc(Oc2ccc3c4ccccc4n(-c4ccc5c(c4)B(c4ccccn4)c4ccccc4-5)c3c2)cc1. The van der Waals surface area contributed by atoms with Crippen molar-refractivity contribution in [2.45, 2.75) is 0 Å². The number of hydrogen-bond acceptors (Lipinski definition) is 2. The van der Waals surface area contributed by atoms with Crippen LogP contribution in [-0.4, -0.2) is 16.3 Å². The second-order valence-corrected chi connectivity index (χ2v) is 9.99. The van der Waals surface area contributed by atoms with Crippen molar-refractivity contribution < 1.29 is 4.74 Å². The van der Waals surface area contributed by atoms with Gasteiger partial charge in [0.15, 0.2) is 0 Å². The van der Waals surface area contributed by atoms with Gasteiger partial charge in [0.25, 0.3) is 6.71 Å². The third kappa shape index (κ3) is 3.49. The van der Waals surface area contributed by atoms with E-state index in [-0.39, 0.29) is 6.71 Å². The van der Waals surface area contributed by atoms with E-state index in [1.807, 2.05) is 42.6 Å². The van der Waals surface area contributed by atoms with Crippen molar-refractivity contribution in [1.29, 1.82) is 0 Å². The first-order valence-electron chi connectivity index (χ1n) is 13.3. The molecule has 39 heavy (non-hydrogen) atoms. The van der Waals surface area contributed by atoms with Gasteiger partial charge in [-0.1, -0.05) is 83.7 Å². The Balaban J connectivity index is 1.35. The Kier molecular flexibility index (Phi) is 4.92. The van der Waals surface area contributed by atoms with Crippen LogP contribution in [0.1, 0.15) is 0 Å². The van der Waals surface area contributed by atoms with Gasteiger partial charge in [0, 0.05) is 34.3 Å². The molecule has 0 N–H and O–H groups in total. The molecule has 7 aromatic rings. The van der Waals surface area contributed by atoms with E-state index in [4.69, 9.17) is 9.72 Å². The molecule has 0 unspecified atom stereocenters. The molecule has 0 bridgehead atoms. The average Bonchev–Trinajstić information content (AvgIpc) is 3.50. The molecule has 1 aliphatic heterocycles. The Labute approximate surface area is 227 Å². The van der Waals surface area contributed by atoms with Crippen molar-refractivity contribution in [3.8, 4) is 28.3 Å². The predicted molar refractivity (Wildman–Crippen MR) is 162 cm³/mol. The monoisotopic (exact) mass is 498 g/mol. The average molecular weight is 498 g/mol. The first kappa shape index (κ1) is 21.9. The van der Waals surface area contributed by atoms with Crippen LogP contribution in [0.3, 0.4) is 0 Å². The Bertz CT molecular complexity index is 2000. The molecule has 0 atom stereocenters. The lowest BCUT2D eigenvalue weighted by Gasteiger charge is -2.14. The van der Waals surface area contributed by atoms with E-state index < -0.39 is 0 Å². The molecule has 0 saturated heterocycles. The maximum absolute atomic E-state index is 6.24. The van der Waals surface area contributed by atoms with E-state index in [1.165, 1.54) is 38.3 Å². The normalized spacial score (nSPS) is 12.1. The minimum Gasteiger partial charge on any atom is -0.457 e. The van der Waals surface area contributed by atoms with Crippen LogP contribution in [0.4, 0.5) is 0 Å². The van der Waals surface area contributed by atoms with E-state index >= 15 is 0 Å². The van der Waals surface area contributed by atoms with Crippen LogP contribution in [0, 0.1) is 0 Å². The van der Waals surface area contributed by atoms with Gasteiger partial charge in [0.05, 0.1) is 11.0 Å². The highest BCUT2D eigenvalue weighted by Gasteiger charge is 2.34. The van der Waals surface area contributed by atoms with Gasteiger partial charge >= 0.3 is 0 Å². The number of hydrogen-bond donors (Lipinski definition) is 0. The minimum atomic E-state index is 0.0995. The van der Waals surface area contributed by atoms with Crippen molar-refractivity contribution in [1.82, 2.24) is 9.55 Å². The number of pyridine rings is 1. The van der Waals surface area contributed by atoms with E-state index in [2.05, 4.69) is 102 Å².